The first-order valence-corrected chi connectivity index (χ1v) is 3.81. The van der Waals surface area contributed by atoms with Crippen LogP contribution in [0.5, 0.6) is 0 Å². The van der Waals surface area contributed by atoms with E-state index in [9.17, 15) is 18.1 Å². The van der Waals surface area contributed by atoms with Crippen LogP contribution >= 0.6 is 0 Å². The minimum absolute atomic E-state index is 0.146. The number of nitrogens with zero attached hydrogens (tertiary/aromatic N) is 1. The Balaban J connectivity index is 2.51. The number of halogens is 3. The van der Waals surface area contributed by atoms with E-state index in [-0.39, 0.29) is 5.69 Å². The highest BCUT2D eigenvalue weighted by molar-refractivity contribution is 5.87. The number of hydrogen-bond acceptors (Lipinski definition) is 4. The second-order valence-electron chi connectivity index (χ2n) is 2.51. The number of carbonyl (C=O) groups excluding carboxylic acids is 1. The lowest BCUT2D eigenvalue weighted by Gasteiger charge is -2.10. The van der Waals surface area contributed by atoms with Crippen molar-refractivity contribution in [1.29, 1.82) is 0 Å². The summed E-state index contributed by atoms with van der Waals surface area (Å²) in [4.78, 5) is 16.9. The van der Waals surface area contributed by atoms with Crippen LogP contribution in [-0.2, 0) is 9.68 Å². The summed E-state index contributed by atoms with van der Waals surface area (Å²) in [5.41, 5.74) is -0.146. The van der Waals surface area contributed by atoms with Crippen LogP contribution in [0.3, 0.4) is 0 Å². The highest BCUT2D eigenvalue weighted by Gasteiger charge is 2.34. The fourth-order valence-electron chi connectivity index (χ4n) is 0.729. The molecule has 0 unspecified atom stereocenters. The zero-order valence-electron chi connectivity index (χ0n) is 7.32. The molecule has 0 fully saturated rings. The summed E-state index contributed by atoms with van der Waals surface area (Å²) in [5, 5.41) is 0. The van der Waals surface area contributed by atoms with Crippen molar-refractivity contribution in [2.24, 2.45) is 0 Å². The Hall–Kier alpha value is -1.63. The Labute approximate surface area is 82.5 Å². The first-order valence-electron chi connectivity index (χ1n) is 3.81. The average Bonchev–Trinajstić information content (AvgIpc) is 2.27. The molecule has 1 heterocycles. The monoisotopic (exact) mass is 221 g/mol. The molecule has 0 aromatic carbocycles. The van der Waals surface area contributed by atoms with E-state index in [1.165, 1.54) is 24.4 Å². The summed E-state index contributed by atoms with van der Waals surface area (Å²) in [6.45, 7) is -1.50. The smallest absolute Gasteiger partial charge is 0.419 e. The van der Waals surface area contributed by atoms with E-state index in [4.69, 9.17) is 0 Å². The van der Waals surface area contributed by atoms with E-state index in [0.29, 0.717) is 0 Å². The number of esters is 1. The van der Waals surface area contributed by atoms with Crippen molar-refractivity contribution in [3.05, 3.63) is 30.1 Å². The van der Waals surface area contributed by atoms with Gasteiger partial charge in [-0.15, -0.1) is 4.94 Å². The van der Waals surface area contributed by atoms with Crippen molar-refractivity contribution in [2.45, 2.75) is 6.11 Å². The maximum Gasteiger partial charge on any atom is 0.419 e. The van der Waals surface area contributed by atoms with E-state index in [0.717, 1.165) is 0 Å². The maximum atomic E-state index is 12.1. The van der Waals surface area contributed by atoms with E-state index >= 15 is 0 Å². The van der Waals surface area contributed by atoms with Crippen LogP contribution in [-0.4, -0.2) is 23.7 Å². The van der Waals surface area contributed by atoms with E-state index in [1.807, 2.05) is 0 Å². The van der Waals surface area contributed by atoms with Gasteiger partial charge in [0.25, 0.3) is 0 Å². The number of carbonyl (C=O) groups is 1. The fourth-order valence-corrected chi connectivity index (χ4v) is 0.729. The van der Waals surface area contributed by atoms with Gasteiger partial charge in [-0.05, 0) is 16.7 Å². The van der Waals surface area contributed by atoms with Crippen LogP contribution in [0, 0.1) is 0 Å². The van der Waals surface area contributed by atoms with Gasteiger partial charge in [0.05, 0.1) is 0 Å². The summed E-state index contributed by atoms with van der Waals surface area (Å²) in [6, 6.07) is 4.29. The number of aromatic nitrogens is 1. The second kappa shape index (κ2) is 4.74. The van der Waals surface area contributed by atoms with Crippen LogP contribution in [0.4, 0.5) is 13.3 Å². The largest absolute Gasteiger partial charge is 0.452 e. The van der Waals surface area contributed by atoms with Crippen molar-refractivity contribution in [3.8, 4) is 0 Å². The molecule has 0 spiro atoms. The van der Waals surface area contributed by atoms with Crippen molar-refractivity contribution >= 4 is 5.97 Å². The number of ether oxygens (including phenoxy) is 1. The van der Waals surface area contributed by atoms with E-state index in [1.54, 1.807) is 0 Å². The van der Waals surface area contributed by atoms with Gasteiger partial charge in [0.15, 0.2) is 6.61 Å². The lowest BCUT2D eigenvalue weighted by molar-refractivity contribution is -0.363. The summed E-state index contributed by atoms with van der Waals surface area (Å²) in [7, 11) is 0. The normalized spacial score (nSPS) is 11.1. The topological polar surface area (TPSA) is 48.4 Å². The zero-order chi connectivity index (χ0) is 11.3. The molecule has 82 valence electrons. The second-order valence-corrected chi connectivity index (χ2v) is 2.51. The molecule has 1 aromatic rings. The molecule has 15 heavy (non-hydrogen) atoms. The van der Waals surface area contributed by atoms with Crippen LogP contribution < -0.4 is 0 Å². The minimum Gasteiger partial charge on any atom is -0.452 e. The number of rotatable bonds is 4. The van der Waals surface area contributed by atoms with Gasteiger partial charge in [-0.3, -0.25) is 0 Å². The lowest BCUT2D eigenvalue weighted by Crippen LogP contribution is -2.26. The molecule has 1 aromatic heterocycles. The summed E-state index contributed by atoms with van der Waals surface area (Å²) < 4.78 is 39.5. The molecule has 0 atom stereocenters. The molecule has 1 rings (SSSR count). The number of hydrogen-bond donors (Lipinski definition) is 0. The molecule has 0 saturated heterocycles. The van der Waals surface area contributed by atoms with Crippen LogP contribution in [0.15, 0.2) is 24.4 Å². The van der Waals surface area contributed by atoms with Crippen LogP contribution in [0.2, 0.25) is 0 Å². The zero-order valence-corrected chi connectivity index (χ0v) is 7.32. The third-order valence-electron chi connectivity index (χ3n) is 1.36. The molecule has 0 N–H and O–H groups in total. The highest BCUT2D eigenvalue weighted by Crippen LogP contribution is 2.16. The molecule has 0 aliphatic carbocycles. The number of alkyl halides is 2. The Kier molecular flexibility index (Phi) is 3.62. The van der Waals surface area contributed by atoms with E-state index < -0.39 is 18.7 Å². The number of pyridine rings is 1. The maximum absolute atomic E-state index is 12.1. The van der Waals surface area contributed by atoms with Crippen molar-refractivity contribution in [3.63, 3.8) is 0 Å². The summed E-state index contributed by atoms with van der Waals surface area (Å²) in [5.74, 6) is -1.08. The van der Waals surface area contributed by atoms with Crippen molar-refractivity contribution in [2.75, 3.05) is 6.61 Å². The van der Waals surface area contributed by atoms with Crippen molar-refractivity contribution in [1.82, 2.24) is 4.98 Å². The molecule has 0 aliphatic heterocycles. The Morgan fingerprint density at radius 1 is 1.47 bits per heavy atom. The summed E-state index contributed by atoms with van der Waals surface area (Å²) >= 11 is 0. The highest BCUT2D eigenvalue weighted by atomic mass is 19.4. The quantitative estimate of drug-likeness (QED) is 0.726. The van der Waals surface area contributed by atoms with Crippen LogP contribution in [0.1, 0.15) is 10.5 Å². The molecule has 0 saturated carbocycles. The molecule has 7 heteroatoms. The third kappa shape index (κ3) is 3.55. The average molecular weight is 221 g/mol. The minimum atomic E-state index is -4.13. The van der Waals surface area contributed by atoms with Crippen LogP contribution in [0.25, 0.3) is 0 Å². The van der Waals surface area contributed by atoms with Gasteiger partial charge in [-0.1, -0.05) is 6.07 Å². The lowest BCUT2D eigenvalue weighted by atomic mass is 10.3. The molecule has 0 bridgehead atoms. The van der Waals surface area contributed by atoms with Gasteiger partial charge in [-0.25, -0.2) is 9.78 Å². The Morgan fingerprint density at radius 2 is 2.20 bits per heavy atom. The van der Waals surface area contributed by atoms with Gasteiger partial charge in [0.1, 0.15) is 5.69 Å². The molecule has 0 radical (unpaired) electrons. The predicted octanol–water partition coefficient (Wildman–Crippen LogP) is 1.73. The molecule has 0 amide bonds. The van der Waals surface area contributed by atoms with Gasteiger partial charge in [0, 0.05) is 6.20 Å². The van der Waals surface area contributed by atoms with Gasteiger partial charge in [-0.2, -0.15) is 8.78 Å². The van der Waals surface area contributed by atoms with Gasteiger partial charge in [0.2, 0.25) is 0 Å². The molecule has 0 aliphatic rings. The molecular weight excluding hydrogens is 215 g/mol. The SMILES string of the molecule is O=C(OCC(F)(F)OF)c1ccccn1. The first kappa shape index (κ1) is 11.4. The van der Waals surface area contributed by atoms with Gasteiger partial charge >= 0.3 is 12.1 Å². The van der Waals surface area contributed by atoms with E-state index in [2.05, 4.69) is 14.7 Å². The Morgan fingerprint density at radius 3 is 2.73 bits per heavy atom. The fraction of sp³-hybridized carbons (Fsp3) is 0.250. The molecular formula is C8H6F3NO3. The predicted molar refractivity (Wildman–Crippen MR) is 41.7 cm³/mol. The summed E-state index contributed by atoms with van der Waals surface area (Å²) in [6.07, 6.45) is -2.84. The van der Waals surface area contributed by atoms with Crippen molar-refractivity contribution < 1.29 is 27.8 Å². The molecule has 4 nitrogen and oxygen atoms in total. The van der Waals surface area contributed by atoms with Gasteiger partial charge < -0.3 is 4.74 Å². The Bertz CT molecular complexity index is 331. The third-order valence-corrected chi connectivity index (χ3v) is 1.36. The standard InChI is InChI=1S/C8H6F3NO3/c9-8(10,15-11)5-14-7(13)6-3-1-2-4-12-6/h1-4H,5H2. The first-order chi connectivity index (χ1) is 7.05.